The Bertz CT molecular complexity index is 2000. The molecule has 346 valence electrons. The molecule has 0 bridgehead atoms. The first-order chi connectivity index (χ1) is 28.8. The fourth-order valence-electron chi connectivity index (χ4n) is 7.48. The Hall–Kier alpha value is -3.22. The van der Waals surface area contributed by atoms with Crippen molar-refractivity contribution in [2.24, 2.45) is 11.8 Å². The van der Waals surface area contributed by atoms with E-state index < -0.39 is 181 Å². The SMILES string of the molecule is C[C@H]1C[C@@H](O)CNC(=O)[C@@H]2[C@@H](O)[C@@H](C)CN2C(=O)[C@H]([C@H](O)CC(=O)[O-])NC(=O)[C@H]([C@H](O)Cc2ccc(O)c(OS(=O)(=O)[O-])c2)NC(=O)[C@@H]2C[C@@H](O)CN2C(=O)[C@H]([C@@H](C)O)NC1=O.[Na+].[Na+]. The number of aliphatic hydroxyl groups excluding tert-OH is 6. The smallest absolute Gasteiger partial charge is 0.716 e. The van der Waals surface area contributed by atoms with Crippen molar-refractivity contribution < 1.29 is 151 Å². The van der Waals surface area contributed by atoms with Gasteiger partial charge >= 0.3 is 59.1 Å². The summed E-state index contributed by atoms with van der Waals surface area (Å²) in [6.07, 6.45) is -13.5. The number of carboxylic acids is 1. The molecule has 0 spiro atoms. The number of phenols is 1. The Balaban J connectivity index is 0.00000704. The third-order valence-corrected chi connectivity index (χ3v) is 11.1. The fourth-order valence-corrected chi connectivity index (χ4v) is 7.84. The Morgan fingerprint density at radius 1 is 0.828 bits per heavy atom. The van der Waals surface area contributed by atoms with E-state index in [4.69, 9.17) is 0 Å². The van der Waals surface area contributed by atoms with E-state index in [0.717, 1.165) is 34.9 Å². The molecular weight excluding hydrogens is 898 g/mol. The third kappa shape index (κ3) is 14.6. The van der Waals surface area contributed by atoms with E-state index >= 15 is 0 Å². The van der Waals surface area contributed by atoms with Crippen molar-refractivity contribution in [3.05, 3.63) is 23.8 Å². The van der Waals surface area contributed by atoms with E-state index in [0.29, 0.717) is 0 Å². The van der Waals surface area contributed by atoms with Crippen LogP contribution in [-0.2, 0) is 50.4 Å². The molecule has 25 nitrogen and oxygen atoms in total. The largest absolute Gasteiger partial charge is 1.00 e. The van der Waals surface area contributed by atoms with E-state index in [1.54, 1.807) is 0 Å². The van der Waals surface area contributed by atoms with Gasteiger partial charge in [-0.2, -0.15) is 0 Å². The number of carbonyl (C=O) groups excluding carboxylic acids is 7. The molecule has 28 heteroatoms. The number of β-amino-alcohol motifs (C(OH)–C–C–N with tert-alkyl or cyclic N) is 1. The van der Waals surface area contributed by atoms with Gasteiger partial charge in [-0.3, -0.25) is 28.8 Å². The summed E-state index contributed by atoms with van der Waals surface area (Å²) in [5.41, 5.74) is -0.153. The summed E-state index contributed by atoms with van der Waals surface area (Å²) in [5, 5.41) is 96.1. The second-order valence-corrected chi connectivity index (χ2v) is 16.7. The van der Waals surface area contributed by atoms with Gasteiger partial charge in [-0.05, 0) is 31.0 Å². The predicted octanol–water partition coefficient (Wildman–Crippen LogP) is -13.8. The van der Waals surface area contributed by atoms with Crippen LogP contribution in [0.25, 0.3) is 0 Å². The Morgan fingerprint density at radius 3 is 2.02 bits per heavy atom. The molecule has 11 N–H and O–H groups in total. The normalized spacial score (nSPS) is 30.3. The van der Waals surface area contributed by atoms with E-state index in [-0.39, 0.29) is 71.1 Å². The van der Waals surface area contributed by atoms with Crippen molar-refractivity contribution in [1.29, 1.82) is 0 Å². The number of rotatable bonds is 9. The maximum absolute atomic E-state index is 14.2. The van der Waals surface area contributed by atoms with Crippen molar-refractivity contribution >= 4 is 51.8 Å². The average molecular weight is 949 g/mol. The van der Waals surface area contributed by atoms with Crippen LogP contribution in [0.3, 0.4) is 0 Å². The topological polar surface area (TPSA) is 405 Å². The second-order valence-electron chi connectivity index (χ2n) is 15.7. The number of nitrogens with one attached hydrogen (secondary N) is 4. The Labute approximate surface area is 410 Å². The summed E-state index contributed by atoms with van der Waals surface area (Å²) >= 11 is 0. The average Bonchev–Trinajstić information content (AvgIpc) is 3.71. The summed E-state index contributed by atoms with van der Waals surface area (Å²) in [5.74, 6) is -12.7. The van der Waals surface area contributed by atoms with E-state index in [2.05, 4.69) is 25.5 Å². The van der Waals surface area contributed by atoms with Gasteiger partial charge < -0.3 is 85.4 Å². The first kappa shape index (κ1) is 56.9. The van der Waals surface area contributed by atoms with Gasteiger partial charge in [-0.15, -0.1) is 0 Å². The van der Waals surface area contributed by atoms with Gasteiger partial charge in [0.15, 0.2) is 11.5 Å². The zero-order valence-corrected chi connectivity index (χ0v) is 40.3. The molecule has 3 heterocycles. The van der Waals surface area contributed by atoms with E-state index in [1.165, 1.54) is 13.8 Å². The molecular formula is C36H50N6Na2O19S. The number of hydrogen-bond donors (Lipinski definition) is 11. The van der Waals surface area contributed by atoms with Gasteiger partial charge in [0.2, 0.25) is 35.4 Å². The van der Waals surface area contributed by atoms with Crippen LogP contribution in [0.15, 0.2) is 18.2 Å². The van der Waals surface area contributed by atoms with Crippen molar-refractivity contribution in [2.45, 2.75) is 113 Å². The van der Waals surface area contributed by atoms with Crippen molar-refractivity contribution in [1.82, 2.24) is 31.1 Å². The van der Waals surface area contributed by atoms with Crippen LogP contribution in [0.1, 0.15) is 45.6 Å². The minimum absolute atomic E-state index is 0. The first-order valence-electron chi connectivity index (χ1n) is 19.3. The molecule has 3 aliphatic heterocycles. The molecule has 3 aliphatic rings. The number of aromatic hydroxyl groups is 1. The zero-order valence-electron chi connectivity index (χ0n) is 35.5. The van der Waals surface area contributed by atoms with Crippen LogP contribution >= 0.6 is 0 Å². The van der Waals surface area contributed by atoms with Crippen molar-refractivity contribution in [3.8, 4) is 11.5 Å². The van der Waals surface area contributed by atoms with E-state index in [1.807, 2.05) is 0 Å². The summed E-state index contributed by atoms with van der Waals surface area (Å²) in [6, 6.07) is -7.08. The third-order valence-electron chi connectivity index (χ3n) is 10.7. The molecule has 4 rings (SSSR count). The summed E-state index contributed by atoms with van der Waals surface area (Å²) in [4.78, 5) is 96.3. The Morgan fingerprint density at radius 2 is 1.42 bits per heavy atom. The molecule has 3 saturated heterocycles. The number of fused-ring (bicyclic) bond motifs is 2. The molecule has 0 unspecified atom stereocenters. The van der Waals surface area contributed by atoms with Gasteiger partial charge in [-0.1, -0.05) is 19.9 Å². The number of carboxylic acid groups (broad SMARTS) is 1. The summed E-state index contributed by atoms with van der Waals surface area (Å²) in [7, 11) is -5.45. The second kappa shape index (κ2) is 24.0. The number of carbonyl (C=O) groups is 7. The van der Waals surface area contributed by atoms with Crippen LogP contribution in [0.2, 0.25) is 0 Å². The molecule has 0 aromatic heterocycles. The molecule has 1 aromatic rings. The molecule has 3 fully saturated rings. The number of hydrogen-bond acceptors (Lipinski definition) is 19. The molecule has 64 heavy (non-hydrogen) atoms. The Kier molecular flexibility index (Phi) is 21.3. The molecule has 0 saturated carbocycles. The van der Waals surface area contributed by atoms with Crippen LogP contribution in [0.4, 0.5) is 0 Å². The van der Waals surface area contributed by atoms with Crippen LogP contribution in [0.5, 0.6) is 11.5 Å². The van der Waals surface area contributed by atoms with Crippen LogP contribution in [-0.4, -0.2) is 186 Å². The number of aliphatic carboxylic acids is 1. The number of aliphatic hydroxyl groups is 6. The van der Waals surface area contributed by atoms with Crippen molar-refractivity contribution in [3.63, 3.8) is 0 Å². The maximum atomic E-state index is 14.2. The summed E-state index contributed by atoms with van der Waals surface area (Å²) in [6.45, 7) is 2.42. The van der Waals surface area contributed by atoms with Crippen molar-refractivity contribution in [2.75, 3.05) is 19.6 Å². The number of nitrogens with zero attached hydrogens (tertiary/aromatic N) is 2. The maximum Gasteiger partial charge on any atom is 1.00 e. The summed E-state index contributed by atoms with van der Waals surface area (Å²) < 4.78 is 38.0. The van der Waals surface area contributed by atoms with Gasteiger partial charge in [0.25, 0.3) is 10.4 Å². The number of benzene rings is 1. The first-order valence-corrected chi connectivity index (χ1v) is 20.7. The van der Waals surface area contributed by atoms with Crippen LogP contribution in [0, 0.1) is 11.8 Å². The molecule has 13 atom stereocenters. The van der Waals surface area contributed by atoms with Crippen LogP contribution < -0.4 is 89.7 Å². The van der Waals surface area contributed by atoms with Gasteiger partial charge in [0.1, 0.15) is 30.2 Å². The van der Waals surface area contributed by atoms with Gasteiger partial charge in [0, 0.05) is 56.7 Å². The van der Waals surface area contributed by atoms with Gasteiger partial charge in [-0.25, -0.2) is 8.42 Å². The standard InChI is InChI=1S/C36H52N6O19S.2Na/c1-14-6-18(44)11-37-34(55)29-30(51)15(2)12-42(29)36(57)28(23(48)10-25(49)50)40-33(54)27(22(47)7-17-4-5-21(46)24(8-17)61-62(58,59)60)39-32(53)20-9-19(45)13-41(20)35(56)26(16(3)43)38-31(14)52;;/h4-5,8,14-16,18-20,22-23,26-30,43-48,51H,6-7,9-13H2,1-3H3,(H,37,55)(H,38,52)(H,39,53)(H,40,54)(H,49,50)(H,58,59,60);;/q;2*+1/p-2/t14-,15-,16+,18+,19+,20-,22+,23+,26-,27-,28-,29-,30-;;/m0../s1. The van der Waals surface area contributed by atoms with E-state index in [9.17, 15) is 87.4 Å². The van der Waals surface area contributed by atoms with Gasteiger partial charge in [0.05, 0.1) is 36.6 Å². The molecule has 1 aromatic carbocycles. The monoisotopic (exact) mass is 948 g/mol. The molecule has 6 amide bonds. The number of phenolic OH excluding ortho intramolecular Hbond substituents is 1. The quantitative estimate of drug-likeness (QED) is 0.0622. The minimum atomic E-state index is -5.45. The minimum Gasteiger partial charge on any atom is -0.716 e. The molecule has 0 radical (unpaired) electrons. The number of amides is 6. The molecule has 0 aliphatic carbocycles. The zero-order chi connectivity index (χ0) is 46.5. The fraction of sp³-hybridized carbons (Fsp3) is 0.639. The predicted molar refractivity (Wildman–Crippen MR) is 201 cm³/mol.